The molecule has 0 atom stereocenters. The highest BCUT2D eigenvalue weighted by atomic mass is 19.4. The smallest absolute Gasteiger partial charge is 0.396 e. The molecule has 0 aliphatic rings. The van der Waals surface area contributed by atoms with Crippen LogP contribution >= 0.6 is 0 Å². The zero-order valence-electron chi connectivity index (χ0n) is 8.62. The van der Waals surface area contributed by atoms with E-state index in [0.29, 0.717) is 11.3 Å². The molecule has 17 heavy (non-hydrogen) atoms. The van der Waals surface area contributed by atoms with Crippen molar-refractivity contribution >= 4 is 5.69 Å². The molecule has 2 aromatic rings. The van der Waals surface area contributed by atoms with Gasteiger partial charge >= 0.3 is 6.18 Å². The first-order valence-corrected chi connectivity index (χ1v) is 4.78. The lowest BCUT2D eigenvalue weighted by atomic mass is 10.2. The van der Waals surface area contributed by atoms with Crippen molar-refractivity contribution in [2.24, 2.45) is 0 Å². The Morgan fingerprint density at radius 2 is 1.82 bits per heavy atom. The van der Waals surface area contributed by atoms with Crippen molar-refractivity contribution in [1.29, 1.82) is 0 Å². The van der Waals surface area contributed by atoms with E-state index in [1.54, 1.807) is 24.3 Å². The maximum absolute atomic E-state index is 12.1. The highest BCUT2D eigenvalue weighted by Crippen LogP contribution is 2.21. The third-order valence-corrected chi connectivity index (χ3v) is 2.07. The molecular weight excluding hydrogens is 233 g/mol. The fraction of sp³-hybridized carbons (Fsp3) is 0.200. The Labute approximate surface area is 94.7 Å². The molecule has 1 aromatic heterocycles. The van der Waals surface area contributed by atoms with Crippen LogP contribution in [0.5, 0.6) is 0 Å². The van der Waals surface area contributed by atoms with E-state index in [9.17, 15) is 13.2 Å². The molecule has 0 aliphatic carbocycles. The average Bonchev–Trinajstić information content (AvgIpc) is 2.64. The molecule has 0 unspecified atom stereocenters. The van der Waals surface area contributed by atoms with Gasteiger partial charge in [-0.1, -0.05) is 0 Å². The lowest BCUT2D eigenvalue weighted by Gasteiger charge is -2.01. The maximum Gasteiger partial charge on any atom is 0.396 e. The molecule has 7 heteroatoms. The summed E-state index contributed by atoms with van der Waals surface area (Å²) < 4.78 is 36.3. The van der Waals surface area contributed by atoms with Gasteiger partial charge in [-0.15, -0.1) is 0 Å². The van der Waals surface area contributed by atoms with Crippen LogP contribution in [0.25, 0.3) is 11.4 Å². The summed E-state index contributed by atoms with van der Waals surface area (Å²) in [5.41, 5.74) is 6.68. The van der Waals surface area contributed by atoms with Gasteiger partial charge in [0.05, 0.1) is 0 Å². The predicted molar refractivity (Wildman–Crippen MR) is 56.0 cm³/mol. The van der Waals surface area contributed by atoms with Crippen molar-refractivity contribution in [1.82, 2.24) is 15.2 Å². The van der Waals surface area contributed by atoms with Crippen LogP contribution in [0.15, 0.2) is 24.3 Å². The number of aromatic nitrogens is 3. The first-order valence-electron chi connectivity index (χ1n) is 4.78. The van der Waals surface area contributed by atoms with Crippen LogP contribution in [0.3, 0.4) is 0 Å². The Kier molecular flexibility index (Phi) is 2.74. The normalized spacial score (nSPS) is 11.7. The number of aromatic amines is 1. The van der Waals surface area contributed by atoms with Gasteiger partial charge in [-0.3, -0.25) is 5.10 Å². The van der Waals surface area contributed by atoms with Crippen LogP contribution in [0, 0.1) is 0 Å². The van der Waals surface area contributed by atoms with Gasteiger partial charge in [0.2, 0.25) is 0 Å². The standard InChI is InChI=1S/C10H9F3N4/c11-10(12,13)5-8-15-9(17-16-8)6-1-3-7(14)4-2-6/h1-4H,5,14H2,(H,15,16,17). The Bertz CT molecular complexity index is 501. The zero-order chi connectivity index (χ0) is 12.5. The van der Waals surface area contributed by atoms with Crippen LogP contribution in [0.4, 0.5) is 18.9 Å². The number of nitrogens with two attached hydrogens (primary N) is 1. The third kappa shape index (κ3) is 2.96. The average molecular weight is 242 g/mol. The first-order chi connectivity index (χ1) is 7.94. The van der Waals surface area contributed by atoms with Crippen LogP contribution in [-0.4, -0.2) is 21.4 Å². The van der Waals surface area contributed by atoms with E-state index in [2.05, 4.69) is 15.2 Å². The van der Waals surface area contributed by atoms with Crippen molar-refractivity contribution < 1.29 is 13.2 Å². The molecule has 1 aromatic carbocycles. The van der Waals surface area contributed by atoms with Crippen molar-refractivity contribution in [3.8, 4) is 11.4 Å². The summed E-state index contributed by atoms with van der Waals surface area (Å²) in [5.74, 6) is 0.0218. The van der Waals surface area contributed by atoms with Gasteiger partial charge in [0, 0.05) is 11.3 Å². The Hall–Kier alpha value is -2.05. The minimum atomic E-state index is -4.29. The quantitative estimate of drug-likeness (QED) is 0.793. The number of benzene rings is 1. The summed E-state index contributed by atoms with van der Waals surface area (Å²) >= 11 is 0. The van der Waals surface area contributed by atoms with Crippen LogP contribution in [0.2, 0.25) is 0 Å². The van der Waals surface area contributed by atoms with Gasteiger partial charge in [-0.25, -0.2) is 4.98 Å². The number of hydrogen-bond acceptors (Lipinski definition) is 3. The number of anilines is 1. The van der Waals surface area contributed by atoms with Crippen LogP contribution in [-0.2, 0) is 6.42 Å². The molecule has 0 amide bonds. The molecule has 0 spiro atoms. The second kappa shape index (κ2) is 4.08. The van der Waals surface area contributed by atoms with Gasteiger partial charge in [0.25, 0.3) is 0 Å². The molecule has 0 fully saturated rings. The molecular formula is C10H9F3N4. The van der Waals surface area contributed by atoms with Crippen LogP contribution in [0.1, 0.15) is 5.82 Å². The first kappa shape index (κ1) is 11.4. The minimum absolute atomic E-state index is 0.204. The maximum atomic E-state index is 12.1. The van der Waals surface area contributed by atoms with E-state index in [4.69, 9.17) is 5.73 Å². The molecule has 0 saturated heterocycles. The Morgan fingerprint density at radius 1 is 1.18 bits per heavy atom. The monoisotopic (exact) mass is 242 g/mol. The molecule has 0 aliphatic heterocycles. The highest BCUT2D eigenvalue weighted by Gasteiger charge is 2.29. The lowest BCUT2D eigenvalue weighted by molar-refractivity contribution is -0.128. The number of nitrogens with one attached hydrogen (secondary N) is 1. The Morgan fingerprint density at radius 3 is 2.41 bits per heavy atom. The second-order valence-electron chi connectivity index (χ2n) is 3.52. The molecule has 90 valence electrons. The van der Waals surface area contributed by atoms with Crippen molar-refractivity contribution in [3.63, 3.8) is 0 Å². The van der Waals surface area contributed by atoms with Gasteiger partial charge < -0.3 is 5.73 Å². The minimum Gasteiger partial charge on any atom is -0.399 e. The van der Waals surface area contributed by atoms with Gasteiger partial charge in [0.1, 0.15) is 12.2 Å². The number of hydrogen-bond donors (Lipinski definition) is 2. The van der Waals surface area contributed by atoms with Gasteiger partial charge in [-0.05, 0) is 24.3 Å². The van der Waals surface area contributed by atoms with E-state index in [1.165, 1.54) is 0 Å². The molecule has 2 rings (SSSR count). The number of halogens is 3. The number of nitrogen functional groups attached to an aromatic ring is 1. The molecule has 3 N–H and O–H groups in total. The predicted octanol–water partition coefficient (Wildman–Crippen LogP) is 2.16. The summed E-state index contributed by atoms with van der Waals surface area (Å²) in [5, 5.41) is 5.99. The summed E-state index contributed by atoms with van der Waals surface area (Å²) in [6, 6.07) is 6.57. The zero-order valence-corrected chi connectivity index (χ0v) is 8.62. The molecule has 1 heterocycles. The summed E-state index contributed by atoms with van der Waals surface area (Å²) in [7, 11) is 0. The second-order valence-corrected chi connectivity index (χ2v) is 3.52. The van der Waals surface area contributed by atoms with E-state index in [-0.39, 0.29) is 11.6 Å². The van der Waals surface area contributed by atoms with E-state index < -0.39 is 12.6 Å². The number of nitrogens with zero attached hydrogens (tertiary/aromatic N) is 2. The van der Waals surface area contributed by atoms with Crippen molar-refractivity contribution in [3.05, 3.63) is 30.1 Å². The van der Waals surface area contributed by atoms with Gasteiger partial charge in [-0.2, -0.15) is 18.3 Å². The van der Waals surface area contributed by atoms with Gasteiger partial charge in [0.15, 0.2) is 5.82 Å². The summed E-state index contributed by atoms with van der Waals surface area (Å²) in [4.78, 5) is 3.77. The Balaban J connectivity index is 2.21. The summed E-state index contributed by atoms with van der Waals surface area (Å²) in [6.45, 7) is 0. The fourth-order valence-corrected chi connectivity index (χ4v) is 1.33. The number of alkyl halides is 3. The molecule has 0 radical (unpaired) electrons. The number of H-pyrrole nitrogens is 1. The molecule has 0 saturated carbocycles. The SMILES string of the molecule is Nc1ccc(-c2n[nH]c(CC(F)(F)F)n2)cc1. The molecule has 0 bridgehead atoms. The fourth-order valence-electron chi connectivity index (χ4n) is 1.33. The topological polar surface area (TPSA) is 67.6 Å². The van der Waals surface area contributed by atoms with E-state index >= 15 is 0 Å². The summed E-state index contributed by atoms with van der Waals surface area (Å²) in [6.07, 6.45) is -5.41. The van der Waals surface area contributed by atoms with E-state index in [1.807, 2.05) is 0 Å². The third-order valence-electron chi connectivity index (χ3n) is 2.07. The van der Waals surface area contributed by atoms with Crippen molar-refractivity contribution in [2.75, 3.05) is 5.73 Å². The lowest BCUT2D eigenvalue weighted by Crippen LogP contribution is -2.12. The highest BCUT2D eigenvalue weighted by molar-refractivity contribution is 5.58. The molecule has 4 nitrogen and oxygen atoms in total. The van der Waals surface area contributed by atoms with Crippen LogP contribution < -0.4 is 5.73 Å². The largest absolute Gasteiger partial charge is 0.399 e. The van der Waals surface area contributed by atoms with E-state index in [0.717, 1.165) is 0 Å². The number of rotatable bonds is 2. The van der Waals surface area contributed by atoms with Crippen molar-refractivity contribution in [2.45, 2.75) is 12.6 Å².